The van der Waals surface area contributed by atoms with Gasteiger partial charge in [0, 0.05) is 36.4 Å². The maximum atomic E-state index is 4.53. The first-order chi connectivity index (χ1) is 11.1. The molecule has 2 aromatic rings. The van der Waals surface area contributed by atoms with Crippen LogP contribution in [0.5, 0.6) is 0 Å². The minimum atomic E-state index is 0.707. The first kappa shape index (κ1) is 14.9. The molecule has 2 fully saturated rings. The number of hydrogen-bond donors (Lipinski definition) is 0. The lowest BCUT2D eigenvalue weighted by molar-refractivity contribution is 0.163. The number of fused-ring (bicyclic) bond motifs is 1. The largest absolute Gasteiger partial charge is 0.356 e. The Balaban J connectivity index is 1.57. The lowest BCUT2D eigenvalue weighted by Gasteiger charge is -2.39. The van der Waals surface area contributed by atoms with Crippen LogP contribution >= 0.6 is 0 Å². The Morgan fingerprint density at radius 3 is 2.57 bits per heavy atom. The molecule has 2 saturated heterocycles. The highest BCUT2D eigenvalue weighted by molar-refractivity contribution is 5.54. The van der Waals surface area contributed by atoms with Crippen molar-refractivity contribution in [3.63, 3.8) is 0 Å². The highest BCUT2D eigenvalue weighted by atomic mass is 15.4. The molecule has 6 nitrogen and oxygen atoms in total. The summed E-state index contributed by atoms with van der Waals surface area (Å²) in [5.41, 5.74) is 2.27. The molecule has 2 aliphatic heterocycles. The van der Waals surface area contributed by atoms with Gasteiger partial charge in [0.15, 0.2) is 0 Å². The van der Waals surface area contributed by atoms with Gasteiger partial charge in [0.25, 0.3) is 5.78 Å². The van der Waals surface area contributed by atoms with Crippen LogP contribution in [0, 0.1) is 13.8 Å². The van der Waals surface area contributed by atoms with Gasteiger partial charge in [-0.2, -0.15) is 14.6 Å². The summed E-state index contributed by atoms with van der Waals surface area (Å²) in [6, 6.07) is 1.51. The molecule has 0 radical (unpaired) electrons. The summed E-state index contributed by atoms with van der Waals surface area (Å²) in [7, 11) is 0. The number of anilines is 1. The third kappa shape index (κ3) is 2.49. The predicted octanol–water partition coefficient (Wildman–Crippen LogP) is 2.19. The molecule has 4 heterocycles. The molecule has 0 aromatic carbocycles. The molecule has 4 rings (SSSR count). The SMILES string of the molecule is Cc1nc2ncnn2c(N2CCC(N3CCCC3C)CC2)c1C. The Hall–Kier alpha value is -1.69. The fourth-order valence-electron chi connectivity index (χ4n) is 4.29. The average molecular weight is 314 g/mol. The van der Waals surface area contributed by atoms with Gasteiger partial charge < -0.3 is 4.90 Å². The van der Waals surface area contributed by atoms with Crippen molar-refractivity contribution in [2.75, 3.05) is 24.5 Å². The Morgan fingerprint density at radius 2 is 1.87 bits per heavy atom. The van der Waals surface area contributed by atoms with Crippen LogP contribution in [-0.4, -0.2) is 56.2 Å². The number of aromatic nitrogens is 4. The van der Waals surface area contributed by atoms with Crippen LogP contribution in [0.3, 0.4) is 0 Å². The summed E-state index contributed by atoms with van der Waals surface area (Å²) in [5.74, 6) is 1.89. The molecule has 1 atom stereocenters. The number of aryl methyl sites for hydroxylation is 1. The van der Waals surface area contributed by atoms with E-state index in [1.54, 1.807) is 6.33 Å². The molecular formula is C17H26N6. The Bertz CT molecular complexity index is 700. The van der Waals surface area contributed by atoms with Gasteiger partial charge in [0.1, 0.15) is 12.1 Å². The summed E-state index contributed by atoms with van der Waals surface area (Å²) in [4.78, 5) is 14.0. The van der Waals surface area contributed by atoms with Crippen molar-refractivity contribution in [2.45, 2.75) is 58.5 Å². The van der Waals surface area contributed by atoms with Crippen LogP contribution < -0.4 is 4.90 Å². The van der Waals surface area contributed by atoms with Crippen LogP contribution in [0.1, 0.15) is 43.9 Å². The van der Waals surface area contributed by atoms with Crippen molar-refractivity contribution >= 4 is 11.6 Å². The molecule has 0 saturated carbocycles. The molecule has 2 aliphatic rings. The van der Waals surface area contributed by atoms with Crippen LogP contribution in [-0.2, 0) is 0 Å². The molecule has 0 aliphatic carbocycles. The molecule has 23 heavy (non-hydrogen) atoms. The van der Waals surface area contributed by atoms with Crippen LogP contribution in [0.15, 0.2) is 6.33 Å². The normalized spacial score (nSPS) is 24.0. The second kappa shape index (κ2) is 5.74. The van der Waals surface area contributed by atoms with E-state index in [0.717, 1.165) is 30.9 Å². The third-order valence-corrected chi connectivity index (χ3v) is 5.71. The third-order valence-electron chi connectivity index (χ3n) is 5.71. The van der Waals surface area contributed by atoms with E-state index >= 15 is 0 Å². The summed E-state index contributed by atoms with van der Waals surface area (Å²) < 4.78 is 1.90. The zero-order valence-electron chi connectivity index (χ0n) is 14.4. The highest BCUT2D eigenvalue weighted by Gasteiger charge is 2.31. The second-order valence-corrected chi connectivity index (χ2v) is 7.06. The fourth-order valence-corrected chi connectivity index (χ4v) is 4.29. The van der Waals surface area contributed by atoms with E-state index in [0.29, 0.717) is 5.78 Å². The fraction of sp³-hybridized carbons (Fsp3) is 0.706. The lowest BCUT2D eigenvalue weighted by Crippen LogP contribution is -2.46. The van der Waals surface area contributed by atoms with Crippen LogP contribution in [0.4, 0.5) is 5.82 Å². The van der Waals surface area contributed by atoms with Gasteiger partial charge in [0.2, 0.25) is 0 Å². The number of piperidine rings is 1. The molecule has 124 valence electrons. The molecule has 1 unspecified atom stereocenters. The maximum Gasteiger partial charge on any atom is 0.254 e. The Kier molecular flexibility index (Phi) is 3.71. The average Bonchev–Trinajstić information content (AvgIpc) is 3.17. The molecular weight excluding hydrogens is 288 g/mol. The van der Waals surface area contributed by atoms with E-state index in [-0.39, 0.29) is 0 Å². The van der Waals surface area contributed by atoms with E-state index in [1.807, 2.05) is 4.52 Å². The molecule has 6 heteroatoms. The van der Waals surface area contributed by atoms with E-state index in [2.05, 4.69) is 45.6 Å². The summed E-state index contributed by atoms with van der Waals surface area (Å²) in [6.07, 6.45) is 6.80. The number of likely N-dealkylation sites (tertiary alicyclic amines) is 1. The highest BCUT2D eigenvalue weighted by Crippen LogP contribution is 2.29. The quantitative estimate of drug-likeness (QED) is 0.850. The standard InChI is InChI=1S/C17H26N6/c1-12-5-4-8-22(12)15-6-9-21(10-7-15)16-13(2)14(3)20-17-18-11-19-23(16)17/h11-12,15H,4-10H2,1-3H3. The van der Waals surface area contributed by atoms with Crippen molar-refractivity contribution in [3.8, 4) is 0 Å². The first-order valence-electron chi connectivity index (χ1n) is 8.83. The summed E-state index contributed by atoms with van der Waals surface area (Å²) >= 11 is 0. The lowest BCUT2D eigenvalue weighted by atomic mass is 10.0. The minimum Gasteiger partial charge on any atom is -0.356 e. The first-order valence-corrected chi connectivity index (χ1v) is 8.83. The van der Waals surface area contributed by atoms with E-state index in [4.69, 9.17) is 0 Å². The van der Waals surface area contributed by atoms with Crippen LogP contribution in [0.25, 0.3) is 5.78 Å². The number of rotatable bonds is 2. The van der Waals surface area contributed by atoms with Gasteiger partial charge in [-0.05, 0) is 53.0 Å². The van der Waals surface area contributed by atoms with Gasteiger partial charge in [-0.1, -0.05) is 0 Å². The van der Waals surface area contributed by atoms with Crippen molar-refractivity contribution in [3.05, 3.63) is 17.6 Å². The molecule has 0 N–H and O–H groups in total. The summed E-state index contributed by atoms with van der Waals surface area (Å²) in [6.45, 7) is 10.1. The zero-order valence-corrected chi connectivity index (χ0v) is 14.4. The Labute approximate surface area is 137 Å². The Morgan fingerprint density at radius 1 is 1.09 bits per heavy atom. The van der Waals surface area contributed by atoms with Gasteiger partial charge in [0.05, 0.1) is 0 Å². The van der Waals surface area contributed by atoms with E-state index in [1.165, 1.54) is 43.6 Å². The number of hydrogen-bond acceptors (Lipinski definition) is 5. The van der Waals surface area contributed by atoms with Gasteiger partial charge >= 0.3 is 0 Å². The number of nitrogens with zero attached hydrogens (tertiary/aromatic N) is 6. The second-order valence-electron chi connectivity index (χ2n) is 7.06. The minimum absolute atomic E-state index is 0.707. The molecule has 0 bridgehead atoms. The van der Waals surface area contributed by atoms with Crippen molar-refractivity contribution in [2.24, 2.45) is 0 Å². The van der Waals surface area contributed by atoms with Gasteiger partial charge in [-0.15, -0.1) is 0 Å². The summed E-state index contributed by atoms with van der Waals surface area (Å²) in [5, 5.41) is 4.40. The van der Waals surface area contributed by atoms with E-state index < -0.39 is 0 Å². The monoisotopic (exact) mass is 314 g/mol. The van der Waals surface area contributed by atoms with Gasteiger partial charge in [-0.25, -0.2) is 4.98 Å². The molecule has 2 aromatic heterocycles. The molecule has 0 spiro atoms. The van der Waals surface area contributed by atoms with Crippen molar-refractivity contribution in [1.82, 2.24) is 24.5 Å². The maximum absolute atomic E-state index is 4.53. The van der Waals surface area contributed by atoms with E-state index in [9.17, 15) is 0 Å². The topological polar surface area (TPSA) is 49.6 Å². The van der Waals surface area contributed by atoms with Crippen molar-refractivity contribution in [1.29, 1.82) is 0 Å². The zero-order chi connectivity index (χ0) is 16.0. The van der Waals surface area contributed by atoms with Gasteiger partial charge in [-0.3, -0.25) is 4.90 Å². The predicted molar refractivity (Wildman–Crippen MR) is 90.9 cm³/mol. The molecule has 0 amide bonds. The van der Waals surface area contributed by atoms with Crippen molar-refractivity contribution < 1.29 is 0 Å². The smallest absolute Gasteiger partial charge is 0.254 e. The van der Waals surface area contributed by atoms with Crippen LogP contribution in [0.2, 0.25) is 0 Å².